The van der Waals surface area contributed by atoms with Gasteiger partial charge >= 0.3 is 17.9 Å². The largest absolute Gasteiger partial charge is 0.477 e. The van der Waals surface area contributed by atoms with Gasteiger partial charge in [-0.2, -0.15) is 0 Å². The number of allylic oxidation sites excluding steroid dienone is 16. The second-order valence-corrected chi connectivity index (χ2v) is 18.0. The molecule has 0 bridgehead atoms. The van der Waals surface area contributed by atoms with Crippen LogP contribution in [0.3, 0.4) is 0 Å². The van der Waals surface area contributed by atoms with Crippen molar-refractivity contribution in [1.29, 1.82) is 0 Å². The van der Waals surface area contributed by atoms with Gasteiger partial charge in [0.25, 0.3) is 0 Å². The number of hydrogen-bond acceptors (Lipinski definition) is 6. The molecule has 0 radical (unpaired) electrons. The van der Waals surface area contributed by atoms with E-state index in [2.05, 4.69) is 111 Å². The number of ether oxygens (including phenoxy) is 3. The maximum Gasteiger partial charge on any atom is 0.362 e. The van der Waals surface area contributed by atoms with E-state index < -0.39 is 18.1 Å². The number of carboxylic acid groups (broad SMARTS) is 1. The lowest BCUT2D eigenvalue weighted by Gasteiger charge is -2.31. The number of rotatable bonds is 45. The first kappa shape index (κ1) is 61.2. The second-order valence-electron chi connectivity index (χ2n) is 18.0. The van der Waals surface area contributed by atoms with Gasteiger partial charge in [-0.05, 0) is 83.5 Å². The molecule has 2 unspecified atom stereocenters. The number of carbonyl (C=O) groups excluding carboxylic acids is 2. The minimum Gasteiger partial charge on any atom is -0.477 e. The molecule has 0 fully saturated rings. The Morgan fingerprint density at radius 1 is 0.462 bits per heavy atom. The molecule has 0 aliphatic heterocycles. The van der Waals surface area contributed by atoms with Gasteiger partial charge in [0.05, 0.1) is 34.4 Å². The standard InChI is InChI=1S/C57H95NO7/c1-6-8-10-12-14-16-18-20-22-24-26-28-30-31-33-35-37-39-41-43-45-47-55(59)64-52-53(51-63-50-49-54(57(61)62)58(3,4)5)65-56(60)48-46-44-42-40-38-36-34-32-29-27-25-23-21-19-17-15-13-11-9-7-2/h8-11,14-17,21,23,27,29,34,36,40,42,53-54H,6-7,12-13,18-20,22,24-26,28,30-33,35,37-39,41,43-52H2,1-5H3/p+1/b10-8+,11-9+,16-14+,17-15+,23-21+,29-27+,36-34+,42-40+. The van der Waals surface area contributed by atoms with E-state index >= 15 is 0 Å². The van der Waals surface area contributed by atoms with Crippen molar-refractivity contribution in [3.63, 3.8) is 0 Å². The molecule has 0 aliphatic carbocycles. The maximum absolute atomic E-state index is 12.8. The number of esters is 2. The molecule has 1 N–H and O–H groups in total. The van der Waals surface area contributed by atoms with Crippen molar-refractivity contribution in [1.82, 2.24) is 0 Å². The van der Waals surface area contributed by atoms with Gasteiger partial charge in [-0.3, -0.25) is 9.59 Å². The first-order valence-corrected chi connectivity index (χ1v) is 25.8. The highest BCUT2D eigenvalue weighted by atomic mass is 16.6. The Labute approximate surface area is 398 Å². The zero-order valence-electron chi connectivity index (χ0n) is 42.2. The molecule has 0 saturated carbocycles. The van der Waals surface area contributed by atoms with E-state index in [4.69, 9.17) is 14.2 Å². The van der Waals surface area contributed by atoms with Crippen LogP contribution in [0.4, 0.5) is 0 Å². The minimum absolute atomic E-state index is 0.0332. The van der Waals surface area contributed by atoms with Gasteiger partial charge < -0.3 is 23.8 Å². The lowest BCUT2D eigenvalue weighted by atomic mass is 10.0. The van der Waals surface area contributed by atoms with E-state index in [1.54, 1.807) is 0 Å². The van der Waals surface area contributed by atoms with E-state index in [-0.39, 0.29) is 42.7 Å². The fourth-order valence-electron chi connectivity index (χ4n) is 7.08. The lowest BCUT2D eigenvalue weighted by molar-refractivity contribution is -0.887. The van der Waals surface area contributed by atoms with Gasteiger partial charge in [-0.15, -0.1) is 0 Å². The number of carbonyl (C=O) groups is 3. The molecule has 0 spiro atoms. The first-order chi connectivity index (χ1) is 31.6. The average molecular weight is 907 g/mol. The number of carboxylic acids is 1. The van der Waals surface area contributed by atoms with Crippen molar-refractivity contribution in [2.75, 3.05) is 41.0 Å². The fraction of sp³-hybridized carbons (Fsp3) is 0.667. The van der Waals surface area contributed by atoms with Gasteiger partial charge in [-0.25, -0.2) is 4.79 Å². The van der Waals surface area contributed by atoms with Gasteiger partial charge in [0.15, 0.2) is 12.1 Å². The third kappa shape index (κ3) is 45.2. The SMILES string of the molecule is CC/C=C/C/C=C/C/C=C/C/C=C/C/C=C/C/C=C/CCCC(=O)OC(COCCC(C(=O)O)[N+](C)(C)C)COC(=O)CCCCCCCCCCCCCCCC/C=C/C/C=C/CC. The van der Waals surface area contributed by atoms with Crippen LogP contribution < -0.4 is 0 Å². The molecule has 0 aromatic rings. The predicted molar refractivity (Wildman–Crippen MR) is 275 cm³/mol. The van der Waals surface area contributed by atoms with E-state index in [0.717, 1.165) is 77.0 Å². The molecule has 8 heteroatoms. The van der Waals surface area contributed by atoms with Crippen molar-refractivity contribution in [3.8, 4) is 0 Å². The molecular weight excluding hydrogens is 811 g/mol. The molecule has 370 valence electrons. The van der Waals surface area contributed by atoms with Gasteiger partial charge in [0, 0.05) is 19.3 Å². The van der Waals surface area contributed by atoms with E-state index in [0.29, 0.717) is 19.3 Å². The number of likely N-dealkylation sites (N-methyl/N-ethyl adjacent to an activating group) is 1. The van der Waals surface area contributed by atoms with Crippen LogP contribution in [0.1, 0.15) is 194 Å². The number of nitrogens with zero attached hydrogens (tertiary/aromatic N) is 1. The Hall–Kier alpha value is -3.75. The highest BCUT2D eigenvalue weighted by Crippen LogP contribution is 2.15. The highest BCUT2D eigenvalue weighted by Gasteiger charge is 2.31. The van der Waals surface area contributed by atoms with Crippen LogP contribution in [0.5, 0.6) is 0 Å². The van der Waals surface area contributed by atoms with Gasteiger partial charge in [0.1, 0.15) is 6.61 Å². The van der Waals surface area contributed by atoms with Crippen molar-refractivity contribution >= 4 is 17.9 Å². The monoisotopic (exact) mass is 907 g/mol. The molecule has 8 nitrogen and oxygen atoms in total. The number of quaternary nitrogens is 1. The number of aliphatic carboxylic acids is 1. The zero-order chi connectivity index (χ0) is 47.7. The summed E-state index contributed by atoms with van der Waals surface area (Å²) in [6.07, 6.45) is 63.3. The van der Waals surface area contributed by atoms with E-state index in [1.165, 1.54) is 77.0 Å². The zero-order valence-corrected chi connectivity index (χ0v) is 42.2. The topological polar surface area (TPSA) is 99.1 Å². The maximum atomic E-state index is 12.8. The lowest BCUT2D eigenvalue weighted by Crippen LogP contribution is -2.50. The fourth-order valence-corrected chi connectivity index (χ4v) is 7.08. The summed E-state index contributed by atoms with van der Waals surface area (Å²) in [7, 11) is 5.51. The average Bonchev–Trinajstić information content (AvgIpc) is 3.27. The Kier molecular flexibility index (Phi) is 44.1. The van der Waals surface area contributed by atoms with Crippen molar-refractivity contribution in [3.05, 3.63) is 97.2 Å². The molecule has 0 rings (SSSR count). The Morgan fingerprint density at radius 2 is 0.831 bits per heavy atom. The molecule has 0 aromatic carbocycles. The van der Waals surface area contributed by atoms with Gasteiger partial charge in [0.2, 0.25) is 0 Å². The summed E-state index contributed by atoms with van der Waals surface area (Å²) in [5, 5.41) is 9.66. The molecule has 0 aliphatic rings. The van der Waals surface area contributed by atoms with Crippen LogP contribution in [0.25, 0.3) is 0 Å². The van der Waals surface area contributed by atoms with E-state index in [9.17, 15) is 19.5 Å². The van der Waals surface area contributed by atoms with E-state index in [1.807, 2.05) is 21.1 Å². The van der Waals surface area contributed by atoms with Crippen LogP contribution in [0, 0.1) is 0 Å². The normalized spacial score (nSPS) is 13.7. The molecule has 0 amide bonds. The Bertz CT molecular complexity index is 1380. The molecular formula is C57H96NO7+. The smallest absolute Gasteiger partial charge is 0.362 e. The minimum atomic E-state index is -0.887. The summed E-state index contributed by atoms with van der Waals surface area (Å²) in [6, 6.07) is -0.631. The quantitative estimate of drug-likeness (QED) is 0.0281. The number of unbranched alkanes of at least 4 members (excludes halogenated alkanes) is 15. The summed E-state index contributed by atoms with van der Waals surface area (Å²) < 4.78 is 17.3. The Balaban J connectivity index is 4.33. The summed E-state index contributed by atoms with van der Waals surface area (Å²) in [5.41, 5.74) is 0. The molecule has 0 saturated heterocycles. The van der Waals surface area contributed by atoms with Gasteiger partial charge in [-0.1, -0.05) is 188 Å². The van der Waals surface area contributed by atoms with Crippen LogP contribution in [-0.2, 0) is 28.6 Å². The third-order valence-electron chi connectivity index (χ3n) is 11.0. The van der Waals surface area contributed by atoms with Crippen LogP contribution in [-0.4, -0.2) is 80.6 Å². The summed E-state index contributed by atoms with van der Waals surface area (Å²) in [4.78, 5) is 37.2. The Morgan fingerprint density at radius 3 is 1.25 bits per heavy atom. The number of hydrogen-bond donors (Lipinski definition) is 1. The second kappa shape index (κ2) is 46.8. The van der Waals surface area contributed by atoms with Crippen molar-refractivity contribution in [2.45, 2.75) is 206 Å². The van der Waals surface area contributed by atoms with Crippen molar-refractivity contribution in [2.24, 2.45) is 0 Å². The highest BCUT2D eigenvalue weighted by molar-refractivity contribution is 5.72. The molecule has 65 heavy (non-hydrogen) atoms. The summed E-state index contributed by atoms with van der Waals surface area (Å²) in [5.74, 6) is -1.55. The molecule has 0 aromatic heterocycles. The third-order valence-corrected chi connectivity index (χ3v) is 11.0. The predicted octanol–water partition coefficient (Wildman–Crippen LogP) is 15.0. The molecule has 0 heterocycles. The van der Waals surface area contributed by atoms with Crippen molar-refractivity contribution < 1.29 is 38.2 Å². The van der Waals surface area contributed by atoms with Crippen LogP contribution in [0.2, 0.25) is 0 Å². The molecule has 2 atom stereocenters. The van der Waals surface area contributed by atoms with Crippen LogP contribution >= 0.6 is 0 Å². The summed E-state index contributed by atoms with van der Waals surface area (Å²) >= 11 is 0. The van der Waals surface area contributed by atoms with Crippen LogP contribution in [0.15, 0.2) is 97.2 Å². The first-order valence-electron chi connectivity index (χ1n) is 25.8. The summed E-state index contributed by atoms with van der Waals surface area (Å²) in [6.45, 7) is 4.46.